The van der Waals surface area contributed by atoms with Gasteiger partial charge in [-0.15, -0.1) is 0 Å². The number of nitrogens with one attached hydrogen (secondary N) is 1. The van der Waals surface area contributed by atoms with E-state index in [1.54, 1.807) is 14.2 Å². The SMILES string of the molecule is COc1cc2c(cc1OC)NCC(N)C2. The molecule has 0 radical (unpaired) electrons. The average Bonchev–Trinajstić information content (AvgIpc) is 2.27. The highest BCUT2D eigenvalue weighted by molar-refractivity contribution is 5.62. The highest BCUT2D eigenvalue weighted by Gasteiger charge is 2.17. The molecule has 0 fully saturated rings. The van der Waals surface area contributed by atoms with Crippen molar-refractivity contribution < 1.29 is 9.47 Å². The quantitative estimate of drug-likeness (QED) is 0.761. The third kappa shape index (κ3) is 1.85. The molecule has 1 aliphatic heterocycles. The molecule has 0 saturated heterocycles. The maximum Gasteiger partial charge on any atom is 0.162 e. The summed E-state index contributed by atoms with van der Waals surface area (Å²) in [4.78, 5) is 0. The maximum atomic E-state index is 5.88. The van der Waals surface area contributed by atoms with Crippen molar-refractivity contribution in [1.29, 1.82) is 0 Å². The van der Waals surface area contributed by atoms with E-state index in [2.05, 4.69) is 5.32 Å². The van der Waals surface area contributed by atoms with Crippen molar-refractivity contribution in [3.05, 3.63) is 17.7 Å². The Morgan fingerprint density at radius 2 is 1.93 bits per heavy atom. The van der Waals surface area contributed by atoms with Gasteiger partial charge < -0.3 is 20.5 Å². The van der Waals surface area contributed by atoms with Crippen LogP contribution in [0.2, 0.25) is 0 Å². The van der Waals surface area contributed by atoms with Gasteiger partial charge >= 0.3 is 0 Å². The third-order valence-corrected chi connectivity index (χ3v) is 2.65. The van der Waals surface area contributed by atoms with Gasteiger partial charge in [-0.25, -0.2) is 0 Å². The molecular formula is C11H16N2O2. The van der Waals surface area contributed by atoms with Gasteiger partial charge in [-0.1, -0.05) is 0 Å². The predicted octanol–water partition coefficient (Wildman–Crippen LogP) is 0.999. The molecule has 0 spiro atoms. The minimum absolute atomic E-state index is 0.176. The van der Waals surface area contributed by atoms with Crippen molar-refractivity contribution in [2.45, 2.75) is 12.5 Å². The Labute approximate surface area is 89.4 Å². The van der Waals surface area contributed by atoms with Crippen LogP contribution in [0.1, 0.15) is 5.56 Å². The van der Waals surface area contributed by atoms with Crippen molar-refractivity contribution in [2.75, 3.05) is 26.1 Å². The van der Waals surface area contributed by atoms with Gasteiger partial charge in [0.1, 0.15) is 0 Å². The number of nitrogens with two attached hydrogens (primary N) is 1. The van der Waals surface area contributed by atoms with Crippen LogP contribution < -0.4 is 20.5 Å². The summed E-state index contributed by atoms with van der Waals surface area (Å²) in [5.41, 5.74) is 8.16. The summed E-state index contributed by atoms with van der Waals surface area (Å²) in [6.07, 6.45) is 0.878. The summed E-state index contributed by atoms with van der Waals surface area (Å²) in [5, 5.41) is 3.28. The zero-order valence-corrected chi connectivity index (χ0v) is 9.04. The van der Waals surface area contributed by atoms with E-state index < -0.39 is 0 Å². The minimum atomic E-state index is 0.176. The molecule has 0 aromatic heterocycles. The lowest BCUT2D eigenvalue weighted by molar-refractivity contribution is 0.354. The van der Waals surface area contributed by atoms with Crippen molar-refractivity contribution in [2.24, 2.45) is 5.73 Å². The Hall–Kier alpha value is -1.42. The predicted molar refractivity (Wildman–Crippen MR) is 59.7 cm³/mol. The lowest BCUT2D eigenvalue weighted by atomic mass is 9.99. The highest BCUT2D eigenvalue weighted by atomic mass is 16.5. The van der Waals surface area contributed by atoms with Crippen LogP contribution in [0.15, 0.2) is 12.1 Å². The Morgan fingerprint density at radius 3 is 2.60 bits per heavy atom. The zero-order chi connectivity index (χ0) is 10.8. The molecule has 4 nitrogen and oxygen atoms in total. The molecule has 1 heterocycles. The van der Waals surface area contributed by atoms with Gasteiger partial charge in [0.2, 0.25) is 0 Å². The average molecular weight is 208 g/mol. The normalized spacial score (nSPS) is 19.0. The molecule has 0 aliphatic carbocycles. The molecule has 4 heteroatoms. The molecule has 0 amide bonds. The summed E-state index contributed by atoms with van der Waals surface area (Å²) < 4.78 is 10.5. The maximum absolute atomic E-state index is 5.88. The largest absolute Gasteiger partial charge is 0.493 e. The van der Waals surface area contributed by atoms with Gasteiger partial charge in [-0.3, -0.25) is 0 Å². The van der Waals surface area contributed by atoms with Crippen LogP contribution in [0.5, 0.6) is 11.5 Å². The van der Waals surface area contributed by atoms with E-state index in [1.807, 2.05) is 12.1 Å². The van der Waals surface area contributed by atoms with Crippen LogP contribution in [0.25, 0.3) is 0 Å². The number of benzene rings is 1. The molecule has 1 aliphatic rings. The third-order valence-electron chi connectivity index (χ3n) is 2.65. The summed E-state index contributed by atoms with van der Waals surface area (Å²) >= 11 is 0. The molecule has 2 rings (SSSR count). The fraction of sp³-hybridized carbons (Fsp3) is 0.455. The first-order chi connectivity index (χ1) is 7.24. The van der Waals surface area contributed by atoms with Crippen molar-refractivity contribution >= 4 is 5.69 Å². The molecule has 3 N–H and O–H groups in total. The Bertz CT molecular complexity index is 366. The van der Waals surface area contributed by atoms with Crippen LogP contribution in [0, 0.1) is 0 Å². The second-order valence-electron chi connectivity index (χ2n) is 3.71. The van der Waals surface area contributed by atoms with Gasteiger partial charge in [-0.05, 0) is 18.1 Å². The molecular weight excluding hydrogens is 192 g/mol. The number of anilines is 1. The van der Waals surface area contributed by atoms with Gasteiger partial charge in [0, 0.05) is 24.3 Å². The molecule has 0 saturated carbocycles. The number of ether oxygens (including phenoxy) is 2. The summed E-state index contributed by atoms with van der Waals surface area (Å²) in [6.45, 7) is 0.808. The van der Waals surface area contributed by atoms with Gasteiger partial charge in [-0.2, -0.15) is 0 Å². The number of hydrogen-bond acceptors (Lipinski definition) is 4. The van der Waals surface area contributed by atoms with E-state index in [-0.39, 0.29) is 6.04 Å². The summed E-state index contributed by atoms with van der Waals surface area (Å²) in [6, 6.07) is 4.12. The Morgan fingerprint density at radius 1 is 1.27 bits per heavy atom. The lowest BCUT2D eigenvalue weighted by Gasteiger charge is -2.24. The zero-order valence-electron chi connectivity index (χ0n) is 9.04. The smallest absolute Gasteiger partial charge is 0.162 e. The van der Waals surface area contributed by atoms with Crippen LogP contribution in [-0.2, 0) is 6.42 Å². The van der Waals surface area contributed by atoms with E-state index >= 15 is 0 Å². The standard InChI is InChI=1S/C11H16N2O2/c1-14-10-4-7-3-8(12)6-13-9(7)5-11(10)15-2/h4-5,8,13H,3,6,12H2,1-2H3. The molecule has 1 atom stereocenters. The highest BCUT2D eigenvalue weighted by Crippen LogP contribution is 2.35. The topological polar surface area (TPSA) is 56.5 Å². The monoisotopic (exact) mass is 208 g/mol. The second kappa shape index (κ2) is 3.98. The van der Waals surface area contributed by atoms with E-state index in [0.29, 0.717) is 0 Å². The summed E-state index contributed by atoms with van der Waals surface area (Å²) in [7, 11) is 3.28. The fourth-order valence-corrected chi connectivity index (χ4v) is 1.85. The van der Waals surface area contributed by atoms with Crippen LogP contribution >= 0.6 is 0 Å². The molecule has 1 aromatic carbocycles. The molecule has 0 bridgehead atoms. The molecule has 82 valence electrons. The van der Waals surface area contributed by atoms with Gasteiger partial charge in [0.05, 0.1) is 14.2 Å². The first-order valence-electron chi connectivity index (χ1n) is 4.99. The summed E-state index contributed by atoms with van der Waals surface area (Å²) in [5.74, 6) is 1.51. The first kappa shape index (κ1) is 10.1. The van der Waals surface area contributed by atoms with E-state index in [4.69, 9.17) is 15.2 Å². The number of fused-ring (bicyclic) bond motifs is 1. The van der Waals surface area contributed by atoms with Crippen LogP contribution in [0.3, 0.4) is 0 Å². The van der Waals surface area contributed by atoms with Gasteiger partial charge in [0.15, 0.2) is 11.5 Å². The van der Waals surface area contributed by atoms with E-state index in [0.717, 1.165) is 30.2 Å². The fourth-order valence-electron chi connectivity index (χ4n) is 1.85. The lowest BCUT2D eigenvalue weighted by Crippen LogP contribution is -2.35. The van der Waals surface area contributed by atoms with Gasteiger partial charge in [0.25, 0.3) is 0 Å². The van der Waals surface area contributed by atoms with Crippen LogP contribution in [-0.4, -0.2) is 26.8 Å². The number of rotatable bonds is 2. The van der Waals surface area contributed by atoms with Crippen LogP contribution in [0.4, 0.5) is 5.69 Å². The first-order valence-corrected chi connectivity index (χ1v) is 4.99. The van der Waals surface area contributed by atoms with Crippen molar-refractivity contribution in [3.8, 4) is 11.5 Å². The van der Waals surface area contributed by atoms with E-state index in [9.17, 15) is 0 Å². The van der Waals surface area contributed by atoms with Crippen molar-refractivity contribution in [1.82, 2.24) is 0 Å². The Kier molecular flexibility index (Phi) is 2.68. The Balaban J connectivity index is 2.41. The minimum Gasteiger partial charge on any atom is -0.493 e. The second-order valence-corrected chi connectivity index (χ2v) is 3.71. The van der Waals surface area contributed by atoms with Crippen molar-refractivity contribution in [3.63, 3.8) is 0 Å². The molecule has 1 aromatic rings. The molecule has 1 unspecified atom stereocenters. The van der Waals surface area contributed by atoms with E-state index in [1.165, 1.54) is 5.56 Å². The number of methoxy groups -OCH3 is 2. The molecule has 15 heavy (non-hydrogen) atoms. The number of hydrogen-bond donors (Lipinski definition) is 2.